The molecule has 0 saturated heterocycles. The van der Waals surface area contributed by atoms with Crippen molar-refractivity contribution in [3.63, 3.8) is 0 Å². The molecule has 0 atom stereocenters. The average molecular weight is 431 g/mol. The molecule has 0 N–H and O–H groups in total. The number of ether oxygens (including phenoxy) is 1. The maximum absolute atomic E-state index is 14.3. The molecule has 1 aromatic rings. The normalized spacial score (nSPS) is 26.2. The Hall–Kier alpha value is -1.56. The summed E-state index contributed by atoms with van der Waals surface area (Å²) < 4.78 is 33.7. The largest absolute Gasteiger partial charge is 0.490 e. The lowest BCUT2D eigenvalue weighted by Gasteiger charge is -2.37. The molecular formula is C28H40F2O. The van der Waals surface area contributed by atoms with Crippen LogP contribution in [0.2, 0.25) is 0 Å². The van der Waals surface area contributed by atoms with Crippen LogP contribution in [0.3, 0.4) is 0 Å². The summed E-state index contributed by atoms with van der Waals surface area (Å²) in [7, 11) is 0. The first-order valence-corrected chi connectivity index (χ1v) is 12.7. The molecule has 2 fully saturated rings. The van der Waals surface area contributed by atoms with Gasteiger partial charge in [-0.3, -0.25) is 0 Å². The fourth-order valence-corrected chi connectivity index (χ4v) is 5.50. The van der Waals surface area contributed by atoms with E-state index in [9.17, 15) is 8.78 Å². The first-order chi connectivity index (χ1) is 15.1. The molecule has 0 amide bonds. The minimum Gasteiger partial charge on any atom is -0.490 e. The standard InChI is InChI=1S/C28H40F2O/c1-3-5-6-7-21-8-13-23(14-9-21)24-15-10-22(11-16-24)12-17-25-18-19-26(31-20-4-2)28(30)27(25)29/h18-19,21-24H,3-11,13-16,20H2,1-2H3. The van der Waals surface area contributed by atoms with Gasteiger partial charge in [0.1, 0.15) is 0 Å². The second-order valence-electron chi connectivity index (χ2n) is 9.75. The van der Waals surface area contributed by atoms with Crippen molar-refractivity contribution in [2.24, 2.45) is 23.7 Å². The van der Waals surface area contributed by atoms with E-state index in [1.807, 2.05) is 6.92 Å². The summed E-state index contributed by atoms with van der Waals surface area (Å²) in [6, 6.07) is 3.04. The third kappa shape index (κ3) is 6.96. The molecule has 0 aromatic heterocycles. The zero-order chi connectivity index (χ0) is 22.1. The molecule has 0 spiro atoms. The van der Waals surface area contributed by atoms with Gasteiger partial charge in [0.05, 0.1) is 12.2 Å². The minimum atomic E-state index is -0.922. The number of benzene rings is 1. The van der Waals surface area contributed by atoms with Gasteiger partial charge in [0, 0.05) is 5.92 Å². The van der Waals surface area contributed by atoms with Crippen LogP contribution in [0.4, 0.5) is 8.78 Å². The van der Waals surface area contributed by atoms with Gasteiger partial charge in [0.15, 0.2) is 11.6 Å². The van der Waals surface area contributed by atoms with Gasteiger partial charge in [-0.15, -0.1) is 0 Å². The van der Waals surface area contributed by atoms with Gasteiger partial charge in [-0.25, -0.2) is 4.39 Å². The zero-order valence-electron chi connectivity index (χ0n) is 19.5. The lowest BCUT2D eigenvalue weighted by Crippen LogP contribution is -2.25. The molecule has 0 radical (unpaired) electrons. The average Bonchev–Trinajstić information content (AvgIpc) is 2.80. The van der Waals surface area contributed by atoms with Crippen molar-refractivity contribution < 1.29 is 13.5 Å². The molecule has 0 bridgehead atoms. The van der Waals surface area contributed by atoms with Crippen molar-refractivity contribution in [1.29, 1.82) is 0 Å². The predicted molar refractivity (Wildman–Crippen MR) is 124 cm³/mol. The fraction of sp³-hybridized carbons (Fsp3) is 0.714. The quantitative estimate of drug-likeness (QED) is 0.298. The SMILES string of the molecule is CCCCCC1CCC(C2CCC(C#Cc3ccc(OCCC)c(F)c3F)CC2)CC1. The molecule has 2 aliphatic rings. The topological polar surface area (TPSA) is 9.23 Å². The van der Waals surface area contributed by atoms with Gasteiger partial charge in [-0.05, 0) is 74.8 Å². The summed E-state index contributed by atoms with van der Waals surface area (Å²) >= 11 is 0. The molecular weight excluding hydrogens is 390 g/mol. The van der Waals surface area contributed by atoms with Crippen molar-refractivity contribution in [1.82, 2.24) is 0 Å². The Morgan fingerprint density at radius 3 is 2.16 bits per heavy atom. The molecule has 2 saturated carbocycles. The summed E-state index contributed by atoms with van der Waals surface area (Å²) in [6.07, 6.45) is 16.7. The highest BCUT2D eigenvalue weighted by Gasteiger charge is 2.30. The molecule has 3 rings (SSSR count). The number of hydrogen-bond donors (Lipinski definition) is 0. The number of rotatable bonds is 8. The van der Waals surface area contributed by atoms with Crippen LogP contribution < -0.4 is 4.74 Å². The van der Waals surface area contributed by atoms with Crippen molar-refractivity contribution >= 4 is 0 Å². The summed E-state index contributed by atoms with van der Waals surface area (Å²) in [4.78, 5) is 0. The van der Waals surface area contributed by atoms with E-state index in [2.05, 4.69) is 18.8 Å². The second-order valence-corrected chi connectivity index (χ2v) is 9.75. The van der Waals surface area contributed by atoms with Gasteiger partial charge in [0.2, 0.25) is 5.82 Å². The van der Waals surface area contributed by atoms with Crippen LogP contribution in [0.15, 0.2) is 12.1 Å². The van der Waals surface area contributed by atoms with Gasteiger partial charge >= 0.3 is 0 Å². The Balaban J connectivity index is 1.45. The molecule has 31 heavy (non-hydrogen) atoms. The third-order valence-corrected chi connectivity index (χ3v) is 7.47. The molecule has 1 aromatic carbocycles. The van der Waals surface area contributed by atoms with Gasteiger partial charge in [-0.1, -0.05) is 64.2 Å². The van der Waals surface area contributed by atoms with E-state index >= 15 is 0 Å². The lowest BCUT2D eigenvalue weighted by molar-refractivity contribution is 0.153. The highest BCUT2D eigenvalue weighted by molar-refractivity contribution is 5.41. The highest BCUT2D eigenvalue weighted by Crippen LogP contribution is 2.42. The first kappa shape index (κ1) is 24.1. The fourth-order valence-electron chi connectivity index (χ4n) is 5.50. The van der Waals surface area contributed by atoms with Crippen molar-refractivity contribution in [3.8, 4) is 17.6 Å². The number of unbranched alkanes of at least 4 members (excludes halogenated alkanes) is 2. The first-order valence-electron chi connectivity index (χ1n) is 12.7. The minimum absolute atomic E-state index is 0.0227. The smallest absolute Gasteiger partial charge is 0.201 e. The van der Waals surface area contributed by atoms with Gasteiger partial charge < -0.3 is 4.74 Å². The maximum atomic E-state index is 14.3. The lowest BCUT2D eigenvalue weighted by atomic mass is 9.69. The van der Waals surface area contributed by atoms with E-state index in [0.717, 1.165) is 37.0 Å². The molecule has 0 aliphatic heterocycles. The van der Waals surface area contributed by atoms with E-state index in [0.29, 0.717) is 12.5 Å². The van der Waals surface area contributed by atoms with E-state index in [1.54, 1.807) is 6.07 Å². The van der Waals surface area contributed by atoms with Gasteiger partial charge in [-0.2, -0.15) is 4.39 Å². The monoisotopic (exact) mass is 430 g/mol. The zero-order valence-corrected chi connectivity index (χ0v) is 19.5. The van der Waals surface area contributed by atoms with Crippen LogP contribution in [0.5, 0.6) is 5.75 Å². The molecule has 2 aliphatic carbocycles. The highest BCUT2D eigenvalue weighted by atomic mass is 19.2. The Labute approximate surface area is 188 Å². The van der Waals surface area contributed by atoms with Crippen LogP contribution in [-0.4, -0.2) is 6.61 Å². The summed E-state index contributed by atoms with van der Waals surface area (Å²) in [5.41, 5.74) is 0.143. The molecule has 172 valence electrons. The molecule has 3 heteroatoms. The maximum Gasteiger partial charge on any atom is 0.201 e. The summed E-state index contributed by atoms with van der Waals surface area (Å²) in [6.45, 7) is 4.60. The predicted octanol–water partition coefficient (Wildman–Crippen LogP) is 8.30. The summed E-state index contributed by atoms with van der Waals surface area (Å²) in [5, 5.41) is 0. The van der Waals surface area contributed by atoms with Crippen molar-refractivity contribution in [3.05, 3.63) is 29.3 Å². The molecule has 0 unspecified atom stereocenters. The Bertz CT molecular complexity index is 731. The number of halogens is 2. The molecule has 1 nitrogen and oxygen atoms in total. The van der Waals surface area contributed by atoms with E-state index in [4.69, 9.17) is 4.74 Å². The Kier molecular flexibility index (Phi) is 9.69. The Morgan fingerprint density at radius 1 is 0.839 bits per heavy atom. The Morgan fingerprint density at radius 2 is 1.52 bits per heavy atom. The second kappa shape index (κ2) is 12.5. The van der Waals surface area contributed by atoms with Crippen molar-refractivity contribution in [2.75, 3.05) is 6.61 Å². The summed E-state index contributed by atoms with van der Waals surface area (Å²) in [5.74, 6) is 7.34. The van der Waals surface area contributed by atoms with Crippen LogP contribution in [0.25, 0.3) is 0 Å². The van der Waals surface area contributed by atoms with Crippen molar-refractivity contribution in [2.45, 2.75) is 97.3 Å². The van der Waals surface area contributed by atoms with Gasteiger partial charge in [0.25, 0.3) is 0 Å². The number of hydrogen-bond acceptors (Lipinski definition) is 1. The van der Waals surface area contributed by atoms with Crippen LogP contribution in [0, 0.1) is 47.1 Å². The third-order valence-electron chi connectivity index (χ3n) is 7.47. The van der Waals surface area contributed by atoms with E-state index in [-0.39, 0.29) is 11.3 Å². The molecule has 0 heterocycles. The van der Waals surface area contributed by atoms with Crippen LogP contribution >= 0.6 is 0 Å². The van der Waals surface area contributed by atoms with E-state index in [1.165, 1.54) is 70.3 Å². The van der Waals surface area contributed by atoms with Crippen LogP contribution in [0.1, 0.15) is 103 Å². The van der Waals surface area contributed by atoms with E-state index < -0.39 is 11.6 Å². The van der Waals surface area contributed by atoms with Crippen LogP contribution in [-0.2, 0) is 0 Å².